The zero-order valence-corrected chi connectivity index (χ0v) is 7.53. The number of aromatic nitrogens is 1. The Morgan fingerprint density at radius 3 is 3.00 bits per heavy atom. The Kier molecular flexibility index (Phi) is 2.05. The predicted molar refractivity (Wildman–Crippen MR) is 48.1 cm³/mol. The molecule has 2 rings (SSSR count). The van der Waals surface area contributed by atoms with Gasteiger partial charge < -0.3 is 0 Å². The van der Waals surface area contributed by atoms with E-state index >= 15 is 0 Å². The molecule has 0 spiro atoms. The van der Waals surface area contributed by atoms with Crippen LogP contribution in [0.15, 0.2) is 23.4 Å². The first-order chi connectivity index (χ1) is 5.34. The number of hydrogen-bond acceptors (Lipinski definition) is 2. The highest BCUT2D eigenvalue weighted by Crippen LogP contribution is 2.38. The van der Waals surface area contributed by atoms with Gasteiger partial charge >= 0.3 is 0 Å². The quantitative estimate of drug-likeness (QED) is 0.703. The predicted octanol–water partition coefficient (Wildman–Crippen LogP) is 2.99. The lowest BCUT2D eigenvalue weighted by Crippen LogP contribution is -1.79. The van der Waals surface area contributed by atoms with Crippen LogP contribution in [0.25, 0.3) is 0 Å². The highest BCUT2D eigenvalue weighted by molar-refractivity contribution is 8.00. The topological polar surface area (TPSA) is 12.9 Å². The van der Waals surface area contributed by atoms with E-state index in [9.17, 15) is 0 Å². The summed E-state index contributed by atoms with van der Waals surface area (Å²) in [6.45, 7) is 0. The van der Waals surface area contributed by atoms with Crippen LogP contribution in [0, 0.1) is 0 Å². The first-order valence-corrected chi connectivity index (χ1v) is 4.88. The first kappa shape index (κ1) is 7.44. The van der Waals surface area contributed by atoms with Crippen molar-refractivity contribution in [3.63, 3.8) is 0 Å². The molecule has 0 atom stereocenters. The van der Waals surface area contributed by atoms with Gasteiger partial charge in [-0.15, -0.1) is 11.8 Å². The Morgan fingerprint density at radius 2 is 2.36 bits per heavy atom. The molecule has 1 aliphatic carbocycles. The first-order valence-electron chi connectivity index (χ1n) is 3.63. The maximum Gasteiger partial charge on any atom is 0.0977 e. The largest absolute Gasteiger partial charge is 0.250 e. The average molecular weight is 186 g/mol. The van der Waals surface area contributed by atoms with Crippen LogP contribution >= 0.6 is 23.4 Å². The Balaban J connectivity index is 2.10. The molecule has 1 fully saturated rings. The highest BCUT2D eigenvalue weighted by Gasteiger charge is 2.22. The van der Waals surface area contributed by atoms with E-state index in [1.165, 1.54) is 12.8 Å². The van der Waals surface area contributed by atoms with Crippen LogP contribution in [0.2, 0.25) is 5.02 Å². The van der Waals surface area contributed by atoms with E-state index < -0.39 is 0 Å². The van der Waals surface area contributed by atoms with Crippen LogP contribution < -0.4 is 0 Å². The third kappa shape index (κ3) is 2.11. The number of hydrogen-bond donors (Lipinski definition) is 0. The van der Waals surface area contributed by atoms with Crippen molar-refractivity contribution < 1.29 is 0 Å². The second-order valence-corrected chi connectivity index (χ2v) is 4.39. The molecule has 1 heterocycles. The van der Waals surface area contributed by atoms with E-state index in [0.717, 1.165) is 15.3 Å². The molecule has 0 amide bonds. The van der Waals surface area contributed by atoms with Crippen LogP contribution in [-0.4, -0.2) is 10.2 Å². The van der Waals surface area contributed by atoms with Gasteiger partial charge in [-0.2, -0.15) is 0 Å². The van der Waals surface area contributed by atoms with Crippen LogP contribution in [0.5, 0.6) is 0 Å². The van der Waals surface area contributed by atoms with Crippen molar-refractivity contribution in [3.05, 3.63) is 23.4 Å². The molecule has 0 unspecified atom stereocenters. The molecule has 1 aliphatic rings. The van der Waals surface area contributed by atoms with Gasteiger partial charge in [-0.05, 0) is 25.0 Å². The minimum Gasteiger partial charge on any atom is -0.250 e. The summed E-state index contributed by atoms with van der Waals surface area (Å²) in [6.07, 6.45) is 4.42. The smallest absolute Gasteiger partial charge is 0.0977 e. The molecule has 1 saturated carbocycles. The van der Waals surface area contributed by atoms with Gasteiger partial charge in [0.25, 0.3) is 0 Å². The molecular weight excluding hydrogens is 178 g/mol. The number of thioether (sulfide) groups is 1. The number of nitrogens with zero attached hydrogens (tertiary/aromatic N) is 1. The molecular formula is C8H8ClNS. The number of halogens is 1. The second-order valence-electron chi connectivity index (χ2n) is 2.63. The molecule has 3 heteroatoms. The summed E-state index contributed by atoms with van der Waals surface area (Å²) < 4.78 is 0. The maximum absolute atomic E-state index is 5.80. The highest BCUT2D eigenvalue weighted by atomic mass is 35.5. The summed E-state index contributed by atoms with van der Waals surface area (Å²) in [5.41, 5.74) is 0. The normalized spacial score (nSPS) is 16.8. The molecule has 1 aromatic rings. The van der Waals surface area contributed by atoms with Gasteiger partial charge in [0.1, 0.15) is 0 Å². The van der Waals surface area contributed by atoms with Gasteiger partial charge in [0, 0.05) is 16.5 Å². The van der Waals surface area contributed by atoms with E-state index in [1.54, 1.807) is 12.3 Å². The molecule has 0 bridgehead atoms. The van der Waals surface area contributed by atoms with Crippen LogP contribution in [0.4, 0.5) is 0 Å². The van der Waals surface area contributed by atoms with Crippen LogP contribution in [0.3, 0.4) is 0 Å². The third-order valence-electron chi connectivity index (χ3n) is 1.51. The summed E-state index contributed by atoms with van der Waals surface area (Å²) >= 11 is 7.62. The summed E-state index contributed by atoms with van der Waals surface area (Å²) in [5.74, 6) is 0. The van der Waals surface area contributed by atoms with Crippen molar-refractivity contribution in [3.8, 4) is 0 Å². The molecule has 0 aromatic carbocycles. The fraction of sp³-hybridized carbons (Fsp3) is 0.375. The Hall–Kier alpha value is -0.210. The lowest BCUT2D eigenvalue weighted by molar-refractivity contribution is 1.13. The number of rotatable bonds is 2. The average Bonchev–Trinajstić information content (AvgIpc) is 2.71. The maximum atomic E-state index is 5.80. The minimum absolute atomic E-state index is 0.781. The van der Waals surface area contributed by atoms with E-state index in [2.05, 4.69) is 4.98 Å². The summed E-state index contributed by atoms with van der Waals surface area (Å²) in [5, 5.41) is 2.64. The Labute approximate surface area is 75.2 Å². The molecule has 11 heavy (non-hydrogen) atoms. The zero-order chi connectivity index (χ0) is 7.68. The summed E-state index contributed by atoms with van der Waals surface area (Å²) in [7, 11) is 0. The van der Waals surface area contributed by atoms with E-state index in [1.807, 2.05) is 17.8 Å². The lowest BCUT2D eigenvalue weighted by atomic mass is 10.5. The monoisotopic (exact) mass is 185 g/mol. The minimum atomic E-state index is 0.781. The van der Waals surface area contributed by atoms with Gasteiger partial charge in [-0.25, -0.2) is 4.98 Å². The van der Waals surface area contributed by atoms with Gasteiger partial charge in [0.15, 0.2) is 0 Å². The molecule has 0 saturated heterocycles. The summed E-state index contributed by atoms with van der Waals surface area (Å²) in [4.78, 5) is 4.20. The van der Waals surface area contributed by atoms with Crippen molar-refractivity contribution in [2.24, 2.45) is 0 Å². The van der Waals surface area contributed by atoms with Gasteiger partial charge in [-0.3, -0.25) is 0 Å². The summed E-state index contributed by atoms with van der Waals surface area (Å²) in [6, 6.07) is 3.73. The number of pyridine rings is 1. The van der Waals surface area contributed by atoms with Crippen molar-refractivity contribution >= 4 is 23.4 Å². The Bertz CT molecular complexity index is 260. The molecule has 1 aromatic heterocycles. The van der Waals surface area contributed by atoms with Gasteiger partial charge in [-0.1, -0.05) is 11.6 Å². The van der Waals surface area contributed by atoms with E-state index in [4.69, 9.17) is 11.6 Å². The van der Waals surface area contributed by atoms with Crippen molar-refractivity contribution in [1.29, 1.82) is 0 Å². The fourth-order valence-corrected chi connectivity index (χ4v) is 2.06. The van der Waals surface area contributed by atoms with Gasteiger partial charge in [0.2, 0.25) is 0 Å². The zero-order valence-electron chi connectivity index (χ0n) is 5.96. The van der Waals surface area contributed by atoms with E-state index in [-0.39, 0.29) is 0 Å². The second kappa shape index (κ2) is 3.03. The molecule has 0 radical (unpaired) electrons. The molecule has 0 N–H and O–H groups in total. The standard InChI is InChI=1S/C8H8ClNS/c9-6-3-4-10-8(5-6)11-7-1-2-7/h3-5,7H,1-2H2. The Morgan fingerprint density at radius 1 is 1.55 bits per heavy atom. The lowest BCUT2D eigenvalue weighted by Gasteiger charge is -1.96. The third-order valence-corrected chi connectivity index (χ3v) is 3.01. The van der Waals surface area contributed by atoms with Crippen molar-refractivity contribution in [1.82, 2.24) is 4.98 Å². The van der Waals surface area contributed by atoms with Gasteiger partial charge in [0.05, 0.1) is 5.03 Å². The van der Waals surface area contributed by atoms with E-state index in [0.29, 0.717) is 0 Å². The molecule has 1 nitrogen and oxygen atoms in total. The van der Waals surface area contributed by atoms with Crippen LogP contribution in [-0.2, 0) is 0 Å². The molecule has 58 valence electrons. The van der Waals surface area contributed by atoms with Crippen molar-refractivity contribution in [2.45, 2.75) is 23.1 Å². The SMILES string of the molecule is Clc1ccnc(SC2CC2)c1. The fourth-order valence-electron chi connectivity index (χ4n) is 0.806. The van der Waals surface area contributed by atoms with Crippen molar-refractivity contribution in [2.75, 3.05) is 0 Å². The molecule has 0 aliphatic heterocycles. The van der Waals surface area contributed by atoms with Crippen LogP contribution in [0.1, 0.15) is 12.8 Å².